The van der Waals surface area contributed by atoms with Crippen LogP contribution < -0.4 is 10.6 Å². The molecule has 19 heavy (non-hydrogen) atoms. The third kappa shape index (κ3) is 8.07. The molecule has 1 aliphatic heterocycles. The van der Waals surface area contributed by atoms with Crippen LogP contribution in [0.3, 0.4) is 0 Å². The highest BCUT2D eigenvalue weighted by molar-refractivity contribution is 14.0. The first-order chi connectivity index (χ1) is 8.70. The van der Waals surface area contributed by atoms with Crippen LogP contribution in [-0.2, 0) is 0 Å². The van der Waals surface area contributed by atoms with Gasteiger partial charge in [-0.1, -0.05) is 12.2 Å². The van der Waals surface area contributed by atoms with E-state index in [-0.39, 0.29) is 24.0 Å². The van der Waals surface area contributed by atoms with E-state index in [4.69, 9.17) is 4.99 Å². The summed E-state index contributed by atoms with van der Waals surface area (Å²) in [5.41, 5.74) is 0. The van der Waals surface area contributed by atoms with Crippen LogP contribution in [0, 0.1) is 0 Å². The Morgan fingerprint density at radius 2 is 2.21 bits per heavy atom. The molecule has 0 aromatic carbocycles. The standard InChI is InChI=1S/C14H27N3S.HI/c1-4-6-7-10-16-13(15-5-2)17-12-14(3)9-8-11-18-14;/h4,6H,5,7-12H2,1-3H3,(H2,15,16,17);1H/b6-4+;. The van der Waals surface area contributed by atoms with Gasteiger partial charge in [-0.3, -0.25) is 4.99 Å². The molecule has 5 heteroatoms. The van der Waals surface area contributed by atoms with Crippen molar-refractivity contribution in [2.45, 2.75) is 44.8 Å². The van der Waals surface area contributed by atoms with E-state index in [1.807, 2.05) is 0 Å². The molecule has 0 spiro atoms. The molecule has 1 aliphatic rings. The highest BCUT2D eigenvalue weighted by atomic mass is 127. The molecular formula is C14H28IN3S. The van der Waals surface area contributed by atoms with Gasteiger partial charge in [0.05, 0.1) is 6.54 Å². The van der Waals surface area contributed by atoms with Gasteiger partial charge in [0.1, 0.15) is 0 Å². The van der Waals surface area contributed by atoms with E-state index in [0.717, 1.165) is 32.0 Å². The van der Waals surface area contributed by atoms with Gasteiger partial charge in [0, 0.05) is 17.8 Å². The van der Waals surface area contributed by atoms with E-state index in [9.17, 15) is 0 Å². The molecule has 0 saturated carbocycles. The third-order valence-corrected chi connectivity index (χ3v) is 4.58. The minimum absolute atomic E-state index is 0. The zero-order valence-electron chi connectivity index (χ0n) is 12.4. The fourth-order valence-electron chi connectivity index (χ4n) is 1.99. The van der Waals surface area contributed by atoms with Crippen LogP contribution >= 0.6 is 35.7 Å². The van der Waals surface area contributed by atoms with Crippen molar-refractivity contribution in [3.63, 3.8) is 0 Å². The number of nitrogens with one attached hydrogen (secondary N) is 2. The summed E-state index contributed by atoms with van der Waals surface area (Å²) >= 11 is 2.06. The zero-order chi connectivity index (χ0) is 13.3. The molecule has 1 heterocycles. The lowest BCUT2D eigenvalue weighted by Gasteiger charge is -2.20. The number of rotatable bonds is 6. The van der Waals surface area contributed by atoms with Crippen LogP contribution in [0.1, 0.15) is 40.0 Å². The van der Waals surface area contributed by atoms with E-state index in [0.29, 0.717) is 4.75 Å². The lowest BCUT2D eigenvalue weighted by Crippen LogP contribution is -2.38. The SMILES string of the molecule is C/C=C/CCNC(=NCC1(C)CCCS1)NCC.I. The first-order valence-electron chi connectivity index (χ1n) is 6.97. The molecular weight excluding hydrogens is 369 g/mol. The Kier molecular flexibility index (Phi) is 10.9. The molecule has 1 atom stereocenters. The van der Waals surface area contributed by atoms with Gasteiger partial charge in [-0.15, -0.1) is 24.0 Å². The maximum absolute atomic E-state index is 4.71. The van der Waals surface area contributed by atoms with Crippen molar-refractivity contribution in [2.24, 2.45) is 4.99 Å². The first kappa shape index (κ1) is 19.1. The average molecular weight is 397 g/mol. The Bertz CT molecular complexity index is 286. The number of halogens is 1. The number of guanidine groups is 1. The summed E-state index contributed by atoms with van der Waals surface area (Å²) in [6.45, 7) is 9.26. The largest absolute Gasteiger partial charge is 0.357 e. The maximum Gasteiger partial charge on any atom is 0.191 e. The number of hydrogen-bond donors (Lipinski definition) is 2. The van der Waals surface area contributed by atoms with Crippen LogP contribution in [0.5, 0.6) is 0 Å². The molecule has 0 aromatic heterocycles. The van der Waals surface area contributed by atoms with Crippen LogP contribution in [0.4, 0.5) is 0 Å². The highest BCUT2D eigenvalue weighted by Gasteiger charge is 2.29. The molecule has 2 N–H and O–H groups in total. The molecule has 0 aliphatic carbocycles. The summed E-state index contributed by atoms with van der Waals surface area (Å²) in [7, 11) is 0. The first-order valence-corrected chi connectivity index (χ1v) is 7.96. The molecule has 112 valence electrons. The third-order valence-electron chi connectivity index (χ3n) is 3.06. The van der Waals surface area contributed by atoms with Gasteiger partial charge in [0.25, 0.3) is 0 Å². The van der Waals surface area contributed by atoms with E-state index in [1.54, 1.807) is 0 Å². The van der Waals surface area contributed by atoms with Crippen molar-refractivity contribution >= 4 is 41.7 Å². The zero-order valence-corrected chi connectivity index (χ0v) is 15.5. The van der Waals surface area contributed by atoms with Crippen molar-refractivity contribution in [3.8, 4) is 0 Å². The lowest BCUT2D eigenvalue weighted by molar-refractivity contribution is 0.614. The van der Waals surface area contributed by atoms with Crippen LogP contribution in [0.2, 0.25) is 0 Å². The van der Waals surface area contributed by atoms with Crippen molar-refractivity contribution < 1.29 is 0 Å². The Balaban J connectivity index is 0.00000324. The number of thioether (sulfide) groups is 1. The quantitative estimate of drug-likeness (QED) is 0.237. The highest BCUT2D eigenvalue weighted by Crippen LogP contribution is 2.37. The predicted octanol–water partition coefficient (Wildman–Crippen LogP) is 3.41. The Labute approximate surface area is 139 Å². The number of aliphatic imine (C=N–C) groups is 1. The second-order valence-electron chi connectivity index (χ2n) is 4.88. The normalized spacial score (nSPS) is 23.4. The Morgan fingerprint density at radius 1 is 1.42 bits per heavy atom. The molecule has 1 fully saturated rings. The topological polar surface area (TPSA) is 36.4 Å². The van der Waals surface area contributed by atoms with Gasteiger partial charge in [0.2, 0.25) is 0 Å². The lowest BCUT2D eigenvalue weighted by atomic mass is 10.1. The predicted molar refractivity (Wildman–Crippen MR) is 98.9 cm³/mol. The summed E-state index contributed by atoms with van der Waals surface area (Å²) < 4.78 is 0.353. The van der Waals surface area contributed by atoms with Gasteiger partial charge < -0.3 is 10.6 Å². The van der Waals surface area contributed by atoms with Crippen molar-refractivity contribution in [2.75, 3.05) is 25.4 Å². The number of hydrogen-bond acceptors (Lipinski definition) is 2. The minimum Gasteiger partial charge on any atom is -0.357 e. The summed E-state index contributed by atoms with van der Waals surface area (Å²) in [5.74, 6) is 2.24. The van der Waals surface area contributed by atoms with Gasteiger partial charge in [-0.25, -0.2) is 0 Å². The second-order valence-corrected chi connectivity index (χ2v) is 6.56. The van der Waals surface area contributed by atoms with E-state index in [1.165, 1.54) is 18.6 Å². The monoisotopic (exact) mass is 397 g/mol. The number of nitrogens with zero attached hydrogens (tertiary/aromatic N) is 1. The molecule has 1 rings (SSSR count). The molecule has 0 radical (unpaired) electrons. The Hall–Kier alpha value is 0.0900. The maximum atomic E-state index is 4.71. The second kappa shape index (κ2) is 10.8. The van der Waals surface area contributed by atoms with Crippen molar-refractivity contribution in [3.05, 3.63) is 12.2 Å². The molecule has 0 aromatic rings. The fourth-order valence-corrected chi connectivity index (χ4v) is 3.22. The Morgan fingerprint density at radius 3 is 2.79 bits per heavy atom. The van der Waals surface area contributed by atoms with E-state index < -0.39 is 0 Å². The van der Waals surface area contributed by atoms with Crippen LogP contribution in [0.25, 0.3) is 0 Å². The summed E-state index contributed by atoms with van der Waals surface area (Å²) in [6.07, 6.45) is 7.93. The van der Waals surface area contributed by atoms with Crippen molar-refractivity contribution in [1.29, 1.82) is 0 Å². The van der Waals surface area contributed by atoms with Crippen molar-refractivity contribution in [1.82, 2.24) is 10.6 Å². The fraction of sp³-hybridized carbons (Fsp3) is 0.786. The van der Waals surface area contributed by atoms with Gasteiger partial charge >= 0.3 is 0 Å². The molecule has 0 bridgehead atoms. The van der Waals surface area contributed by atoms with Gasteiger partial charge in [-0.2, -0.15) is 11.8 Å². The summed E-state index contributed by atoms with van der Waals surface area (Å²) in [6, 6.07) is 0. The van der Waals surface area contributed by atoms with Gasteiger partial charge in [-0.05, 0) is 45.8 Å². The molecule has 3 nitrogen and oxygen atoms in total. The van der Waals surface area contributed by atoms with Crippen LogP contribution in [0.15, 0.2) is 17.1 Å². The summed E-state index contributed by atoms with van der Waals surface area (Å²) in [4.78, 5) is 4.71. The van der Waals surface area contributed by atoms with E-state index >= 15 is 0 Å². The van der Waals surface area contributed by atoms with Crippen LogP contribution in [-0.4, -0.2) is 36.1 Å². The van der Waals surface area contributed by atoms with E-state index in [2.05, 4.69) is 55.3 Å². The summed E-state index contributed by atoms with van der Waals surface area (Å²) in [5, 5.41) is 6.68. The minimum atomic E-state index is 0. The van der Waals surface area contributed by atoms with Gasteiger partial charge in [0.15, 0.2) is 5.96 Å². The average Bonchev–Trinajstić information content (AvgIpc) is 2.79. The molecule has 1 saturated heterocycles. The number of allylic oxidation sites excluding steroid dienone is 1. The molecule has 0 amide bonds. The smallest absolute Gasteiger partial charge is 0.191 e. The molecule has 1 unspecified atom stereocenters.